The molecular weight excluding hydrogens is 134 g/mol. The van der Waals surface area contributed by atoms with E-state index >= 15 is 0 Å². The van der Waals surface area contributed by atoms with Crippen LogP contribution in [0.15, 0.2) is 0 Å². The second kappa shape index (κ2) is 2.78. The van der Waals surface area contributed by atoms with Gasteiger partial charge in [0.05, 0.1) is 0 Å². The van der Waals surface area contributed by atoms with Gasteiger partial charge >= 0.3 is 0 Å². The molecule has 1 nitrogen and oxygen atoms in total. The molecule has 2 unspecified atom stereocenters. The van der Waals surface area contributed by atoms with Crippen LogP contribution in [0, 0.1) is 11.8 Å². The summed E-state index contributed by atoms with van der Waals surface area (Å²) in [5, 5.41) is 3.63. The third kappa shape index (κ3) is 1.31. The summed E-state index contributed by atoms with van der Waals surface area (Å²) >= 11 is 0. The van der Waals surface area contributed by atoms with Crippen molar-refractivity contribution >= 4 is 0 Å². The standard InChI is InChI=1S/C10H19N/c1-7(2)6-8-9-4-3-5-10(8)11-9/h7-11H,3-6H2,1-2H3. The van der Waals surface area contributed by atoms with Gasteiger partial charge in [0.2, 0.25) is 0 Å². The summed E-state index contributed by atoms with van der Waals surface area (Å²) in [5.41, 5.74) is 0. The Labute approximate surface area is 69.6 Å². The minimum atomic E-state index is 0.894. The van der Waals surface area contributed by atoms with Gasteiger partial charge in [0.15, 0.2) is 0 Å². The van der Waals surface area contributed by atoms with E-state index in [1.807, 2.05) is 0 Å². The van der Waals surface area contributed by atoms with Crippen LogP contribution in [0.5, 0.6) is 0 Å². The van der Waals surface area contributed by atoms with Crippen LogP contribution in [-0.4, -0.2) is 12.1 Å². The maximum atomic E-state index is 3.63. The van der Waals surface area contributed by atoms with Crippen molar-refractivity contribution in [3.05, 3.63) is 0 Å². The van der Waals surface area contributed by atoms with Crippen molar-refractivity contribution in [3.63, 3.8) is 0 Å². The van der Waals surface area contributed by atoms with E-state index in [0.29, 0.717) is 0 Å². The Bertz CT molecular complexity index is 128. The zero-order valence-corrected chi connectivity index (χ0v) is 7.64. The highest BCUT2D eigenvalue weighted by molar-refractivity contribution is 5.01. The van der Waals surface area contributed by atoms with E-state index in [-0.39, 0.29) is 0 Å². The van der Waals surface area contributed by atoms with E-state index in [9.17, 15) is 0 Å². The highest BCUT2D eigenvalue weighted by Crippen LogP contribution is 2.37. The smallest absolute Gasteiger partial charge is 0.0113 e. The third-order valence-electron chi connectivity index (χ3n) is 3.24. The summed E-state index contributed by atoms with van der Waals surface area (Å²) in [6.07, 6.45) is 5.79. The summed E-state index contributed by atoms with van der Waals surface area (Å²) < 4.78 is 0. The molecule has 2 bridgehead atoms. The molecule has 1 heteroatoms. The number of rotatable bonds is 2. The fourth-order valence-corrected chi connectivity index (χ4v) is 2.71. The molecule has 1 N–H and O–H groups in total. The van der Waals surface area contributed by atoms with Crippen LogP contribution in [0.2, 0.25) is 0 Å². The molecule has 2 saturated heterocycles. The fraction of sp³-hybridized carbons (Fsp3) is 1.00. The van der Waals surface area contributed by atoms with Gasteiger partial charge in [0.25, 0.3) is 0 Å². The first-order chi connectivity index (χ1) is 5.27. The van der Waals surface area contributed by atoms with E-state index in [0.717, 1.165) is 23.9 Å². The molecule has 11 heavy (non-hydrogen) atoms. The van der Waals surface area contributed by atoms with Crippen molar-refractivity contribution in [2.75, 3.05) is 0 Å². The monoisotopic (exact) mass is 153 g/mol. The first-order valence-corrected chi connectivity index (χ1v) is 5.03. The normalized spacial score (nSPS) is 42.3. The molecule has 2 atom stereocenters. The minimum Gasteiger partial charge on any atom is -0.311 e. The Morgan fingerprint density at radius 2 is 1.91 bits per heavy atom. The van der Waals surface area contributed by atoms with Crippen LogP contribution in [0.1, 0.15) is 39.5 Å². The molecule has 3 fully saturated rings. The molecule has 1 aliphatic carbocycles. The van der Waals surface area contributed by atoms with Gasteiger partial charge in [-0.1, -0.05) is 20.3 Å². The van der Waals surface area contributed by atoms with E-state index < -0.39 is 0 Å². The van der Waals surface area contributed by atoms with Crippen molar-refractivity contribution in [2.45, 2.75) is 51.6 Å². The van der Waals surface area contributed by atoms with Crippen molar-refractivity contribution in [2.24, 2.45) is 11.8 Å². The quantitative estimate of drug-likeness (QED) is 0.641. The Morgan fingerprint density at radius 1 is 1.27 bits per heavy atom. The molecule has 2 aliphatic heterocycles. The number of hydrogen-bond donors (Lipinski definition) is 1. The van der Waals surface area contributed by atoms with Crippen LogP contribution in [0.3, 0.4) is 0 Å². The van der Waals surface area contributed by atoms with E-state index in [2.05, 4.69) is 19.2 Å². The van der Waals surface area contributed by atoms with Gasteiger partial charge in [0.1, 0.15) is 0 Å². The third-order valence-corrected chi connectivity index (χ3v) is 3.24. The number of piperidine rings is 1. The topological polar surface area (TPSA) is 12.0 Å². The summed E-state index contributed by atoms with van der Waals surface area (Å²) in [6.45, 7) is 4.68. The molecule has 0 spiro atoms. The van der Waals surface area contributed by atoms with Gasteiger partial charge in [-0.25, -0.2) is 0 Å². The highest BCUT2D eigenvalue weighted by atomic mass is 15.1. The lowest BCUT2D eigenvalue weighted by atomic mass is 9.69. The van der Waals surface area contributed by atoms with Gasteiger partial charge < -0.3 is 5.32 Å². The van der Waals surface area contributed by atoms with Crippen LogP contribution in [0.4, 0.5) is 0 Å². The van der Waals surface area contributed by atoms with Crippen LogP contribution in [0.25, 0.3) is 0 Å². The highest BCUT2D eigenvalue weighted by Gasteiger charge is 2.42. The molecular formula is C10H19N. The van der Waals surface area contributed by atoms with Crippen LogP contribution in [-0.2, 0) is 0 Å². The molecule has 0 aromatic rings. The van der Waals surface area contributed by atoms with Crippen molar-refractivity contribution < 1.29 is 0 Å². The molecule has 64 valence electrons. The molecule has 2 heterocycles. The first-order valence-electron chi connectivity index (χ1n) is 5.03. The zero-order valence-electron chi connectivity index (χ0n) is 7.64. The number of nitrogens with one attached hydrogen (secondary N) is 1. The van der Waals surface area contributed by atoms with Gasteiger partial charge in [-0.3, -0.25) is 0 Å². The Morgan fingerprint density at radius 3 is 2.36 bits per heavy atom. The van der Waals surface area contributed by atoms with Crippen molar-refractivity contribution in [1.29, 1.82) is 0 Å². The molecule has 3 rings (SSSR count). The average Bonchev–Trinajstić information content (AvgIpc) is 2.01. The minimum absolute atomic E-state index is 0.894. The molecule has 0 radical (unpaired) electrons. The Hall–Kier alpha value is -0.0400. The molecule has 3 aliphatic rings. The summed E-state index contributed by atoms with van der Waals surface area (Å²) in [7, 11) is 0. The lowest BCUT2D eigenvalue weighted by Crippen LogP contribution is -2.64. The zero-order chi connectivity index (χ0) is 7.84. The Balaban J connectivity index is 1.86. The second-order valence-corrected chi connectivity index (χ2v) is 4.60. The summed E-state index contributed by atoms with van der Waals surface area (Å²) in [5.74, 6) is 1.92. The lowest BCUT2D eigenvalue weighted by molar-refractivity contribution is 0.0644. The molecule has 0 aromatic carbocycles. The fourth-order valence-electron chi connectivity index (χ4n) is 2.71. The maximum Gasteiger partial charge on any atom is 0.0113 e. The maximum absolute atomic E-state index is 3.63. The number of fused-ring (bicyclic) bond motifs is 2. The van der Waals surface area contributed by atoms with Crippen molar-refractivity contribution in [3.8, 4) is 0 Å². The van der Waals surface area contributed by atoms with E-state index in [1.165, 1.54) is 25.7 Å². The average molecular weight is 153 g/mol. The number of hydrogen-bond acceptors (Lipinski definition) is 1. The predicted molar refractivity (Wildman–Crippen MR) is 47.5 cm³/mol. The Kier molecular flexibility index (Phi) is 1.92. The van der Waals surface area contributed by atoms with Gasteiger partial charge in [-0.15, -0.1) is 0 Å². The van der Waals surface area contributed by atoms with E-state index in [1.54, 1.807) is 0 Å². The molecule has 1 saturated carbocycles. The first kappa shape index (κ1) is 7.60. The van der Waals surface area contributed by atoms with Crippen LogP contribution < -0.4 is 5.32 Å². The predicted octanol–water partition coefficient (Wildman–Crippen LogP) is 2.17. The van der Waals surface area contributed by atoms with E-state index in [4.69, 9.17) is 0 Å². The van der Waals surface area contributed by atoms with Gasteiger partial charge in [0, 0.05) is 12.1 Å². The summed E-state index contributed by atoms with van der Waals surface area (Å²) in [4.78, 5) is 0. The van der Waals surface area contributed by atoms with Gasteiger partial charge in [-0.05, 0) is 31.1 Å². The van der Waals surface area contributed by atoms with Crippen molar-refractivity contribution in [1.82, 2.24) is 5.32 Å². The summed E-state index contributed by atoms with van der Waals surface area (Å²) in [6, 6.07) is 1.80. The molecule has 0 aromatic heterocycles. The van der Waals surface area contributed by atoms with Gasteiger partial charge in [-0.2, -0.15) is 0 Å². The second-order valence-electron chi connectivity index (χ2n) is 4.60. The molecule has 0 amide bonds. The largest absolute Gasteiger partial charge is 0.311 e. The SMILES string of the molecule is CC(C)CC1C2CCCC1N2. The lowest BCUT2D eigenvalue weighted by Gasteiger charge is -2.51. The van der Waals surface area contributed by atoms with Crippen LogP contribution >= 0.6 is 0 Å².